The third-order valence-electron chi connectivity index (χ3n) is 1.84. The van der Waals surface area contributed by atoms with Gasteiger partial charge in [-0.25, -0.2) is 0 Å². The van der Waals surface area contributed by atoms with E-state index < -0.39 is 35.7 Å². The lowest BCUT2D eigenvalue weighted by Gasteiger charge is -2.17. The Kier molecular flexibility index (Phi) is 10.1. The molecule has 4 radical (unpaired) electrons. The highest BCUT2D eigenvalue weighted by Crippen LogP contribution is 2.04. The van der Waals surface area contributed by atoms with Crippen molar-refractivity contribution in [2.45, 2.75) is 51.6 Å². The van der Waals surface area contributed by atoms with E-state index in [1.165, 1.54) is 27.7 Å². The van der Waals surface area contributed by atoms with Gasteiger partial charge in [-0.2, -0.15) is 0 Å². The number of hydrogen-bond acceptors (Lipinski definition) is 8. The predicted molar refractivity (Wildman–Crippen MR) is 75.8 cm³/mol. The van der Waals surface area contributed by atoms with Crippen molar-refractivity contribution in [3.05, 3.63) is 0 Å². The van der Waals surface area contributed by atoms with E-state index in [-0.39, 0.29) is 19.0 Å². The molecule has 0 heterocycles. The van der Waals surface area contributed by atoms with E-state index in [1.54, 1.807) is 0 Å². The Balaban J connectivity index is 4.20. The lowest BCUT2D eigenvalue weighted by atomic mass is 10.8. The van der Waals surface area contributed by atoms with Gasteiger partial charge in [0.2, 0.25) is 11.8 Å². The molecular formula is C12H18O8Si2. The van der Waals surface area contributed by atoms with Crippen LogP contribution in [-0.2, 0) is 38.1 Å². The van der Waals surface area contributed by atoms with Crippen LogP contribution in [-0.4, -0.2) is 54.7 Å². The lowest BCUT2D eigenvalue weighted by molar-refractivity contribution is -0.173. The second kappa shape index (κ2) is 11.0. The molecule has 0 aromatic heterocycles. The molecule has 0 aromatic rings. The van der Waals surface area contributed by atoms with Crippen LogP contribution in [0.4, 0.5) is 0 Å². The van der Waals surface area contributed by atoms with Crippen LogP contribution >= 0.6 is 0 Å². The topological polar surface area (TPSA) is 105 Å². The molecule has 0 fully saturated rings. The zero-order chi connectivity index (χ0) is 17.1. The molecule has 0 aliphatic carbocycles. The zero-order valence-corrected chi connectivity index (χ0v) is 14.8. The highest BCUT2D eigenvalue weighted by atomic mass is 28.2. The molecule has 0 atom stereocenters. The van der Waals surface area contributed by atoms with Crippen molar-refractivity contribution in [1.82, 2.24) is 0 Å². The highest BCUT2D eigenvalue weighted by molar-refractivity contribution is 6.43. The third-order valence-corrected chi connectivity index (χ3v) is 4.55. The summed E-state index contributed by atoms with van der Waals surface area (Å²) in [5.74, 6) is -4.00. The molecule has 0 bridgehead atoms. The minimum Gasteiger partial charge on any atom is -0.430 e. The van der Waals surface area contributed by atoms with E-state index in [2.05, 4.69) is 0 Å². The second-order valence-electron chi connectivity index (χ2n) is 4.01. The Morgan fingerprint density at radius 2 is 0.864 bits per heavy atom. The molecule has 22 heavy (non-hydrogen) atoms. The van der Waals surface area contributed by atoms with Gasteiger partial charge < -0.3 is 18.9 Å². The predicted octanol–water partition coefficient (Wildman–Crippen LogP) is 0.0510. The SMILES string of the molecule is CC(=O)OC(OC(C)=O)[Si]CC[Si]C(OC(C)=O)OC(C)=O. The molecule has 0 aliphatic rings. The molecule has 0 saturated carbocycles. The van der Waals surface area contributed by atoms with Crippen LogP contribution in [0.25, 0.3) is 0 Å². The summed E-state index contributed by atoms with van der Waals surface area (Å²) >= 11 is 0. The van der Waals surface area contributed by atoms with Crippen molar-refractivity contribution in [3.8, 4) is 0 Å². The summed E-state index contributed by atoms with van der Waals surface area (Å²) in [7, 11) is 0.0803. The first-order valence-corrected chi connectivity index (χ1v) is 8.93. The summed E-state index contributed by atoms with van der Waals surface area (Å²) in [6, 6.07) is 1.12. The van der Waals surface area contributed by atoms with E-state index in [1.807, 2.05) is 0 Å². The Hall–Kier alpha value is -1.69. The van der Waals surface area contributed by atoms with Gasteiger partial charge in [0.15, 0.2) is 19.0 Å². The fraction of sp³-hybridized carbons (Fsp3) is 0.667. The third kappa shape index (κ3) is 12.1. The molecule has 0 aromatic carbocycles. The second-order valence-corrected chi connectivity index (χ2v) is 6.77. The highest BCUT2D eigenvalue weighted by Gasteiger charge is 2.19. The van der Waals surface area contributed by atoms with E-state index in [4.69, 9.17) is 18.9 Å². The van der Waals surface area contributed by atoms with Gasteiger partial charge in [0.1, 0.15) is 0 Å². The van der Waals surface area contributed by atoms with Crippen LogP contribution in [0.2, 0.25) is 12.1 Å². The van der Waals surface area contributed by atoms with E-state index in [9.17, 15) is 19.2 Å². The first kappa shape index (κ1) is 20.3. The first-order valence-electron chi connectivity index (χ1n) is 6.36. The summed E-state index contributed by atoms with van der Waals surface area (Å²) in [5.41, 5.74) is 0. The van der Waals surface area contributed by atoms with Crippen LogP contribution in [0.15, 0.2) is 0 Å². The Bertz CT molecular complexity index is 342. The first-order chi connectivity index (χ1) is 10.2. The van der Waals surface area contributed by atoms with Crippen molar-refractivity contribution < 1.29 is 38.1 Å². The van der Waals surface area contributed by atoms with Gasteiger partial charge >= 0.3 is 23.9 Å². The number of ether oxygens (including phenoxy) is 4. The molecule has 0 saturated heterocycles. The summed E-state index contributed by atoms with van der Waals surface area (Å²) in [6.45, 7) is 4.89. The molecule has 0 spiro atoms. The van der Waals surface area contributed by atoms with Crippen LogP contribution in [0.5, 0.6) is 0 Å². The summed E-state index contributed by atoms with van der Waals surface area (Å²) < 4.78 is 19.4. The maximum absolute atomic E-state index is 10.9. The molecule has 0 amide bonds. The minimum atomic E-state index is -0.916. The molecule has 122 valence electrons. The van der Waals surface area contributed by atoms with Crippen molar-refractivity contribution in [3.63, 3.8) is 0 Å². The lowest BCUT2D eigenvalue weighted by Crippen LogP contribution is -2.31. The van der Waals surface area contributed by atoms with Crippen molar-refractivity contribution in [1.29, 1.82) is 0 Å². The van der Waals surface area contributed by atoms with Gasteiger partial charge in [0.25, 0.3) is 0 Å². The van der Waals surface area contributed by atoms with Crippen LogP contribution in [0.1, 0.15) is 27.7 Å². The normalized spacial score (nSPS) is 10.3. The van der Waals surface area contributed by atoms with Gasteiger partial charge in [-0.3, -0.25) is 19.2 Å². The van der Waals surface area contributed by atoms with E-state index in [0.717, 1.165) is 0 Å². The van der Waals surface area contributed by atoms with Crippen LogP contribution in [0, 0.1) is 0 Å². The van der Waals surface area contributed by atoms with Crippen molar-refractivity contribution in [2.75, 3.05) is 0 Å². The molecule has 0 N–H and O–H groups in total. The van der Waals surface area contributed by atoms with Gasteiger partial charge in [-0.1, -0.05) is 12.1 Å². The fourth-order valence-corrected chi connectivity index (χ4v) is 3.82. The maximum atomic E-state index is 10.9. The molecule has 0 rings (SSSR count). The van der Waals surface area contributed by atoms with Gasteiger partial charge in [-0.05, 0) is 0 Å². The number of rotatable bonds is 9. The van der Waals surface area contributed by atoms with E-state index in [0.29, 0.717) is 12.1 Å². The Labute approximate surface area is 133 Å². The smallest absolute Gasteiger partial charge is 0.305 e. The average Bonchev–Trinajstić information content (AvgIpc) is 2.31. The van der Waals surface area contributed by atoms with Crippen molar-refractivity contribution in [2.24, 2.45) is 0 Å². The molecular weight excluding hydrogens is 328 g/mol. The fourth-order valence-electron chi connectivity index (χ4n) is 1.20. The quantitative estimate of drug-likeness (QED) is 0.250. The zero-order valence-electron chi connectivity index (χ0n) is 12.8. The van der Waals surface area contributed by atoms with Crippen LogP contribution < -0.4 is 0 Å². The summed E-state index contributed by atoms with van der Waals surface area (Å²) in [4.78, 5) is 43.6. The summed E-state index contributed by atoms with van der Waals surface area (Å²) in [6.07, 6.45) is 0. The average molecular weight is 346 g/mol. The largest absolute Gasteiger partial charge is 0.430 e. The molecule has 8 nitrogen and oxygen atoms in total. The standard InChI is InChI=1S/C12H18O8Si2/c1-7(13)17-11(18-8(2)14)21-5-6-22-12(19-9(3)15)20-10(4)16/h11-12H,5-6H2,1-4H3. The minimum absolute atomic E-state index is 0.0402. The molecule has 0 unspecified atom stereocenters. The molecule has 0 aliphatic heterocycles. The molecule has 10 heteroatoms. The monoisotopic (exact) mass is 346 g/mol. The Morgan fingerprint density at radius 3 is 1.05 bits per heavy atom. The maximum Gasteiger partial charge on any atom is 0.305 e. The Morgan fingerprint density at radius 1 is 0.636 bits per heavy atom. The van der Waals surface area contributed by atoms with E-state index >= 15 is 0 Å². The van der Waals surface area contributed by atoms with Gasteiger partial charge in [0.05, 0.1) is 0 Å². The summed E-state index contributed by atoms with van der Waals surface area (Å²) in [5, 5.41) is 0. The number of hydrogen-bond donors (Lipinski definition) is 0. The van der Waals surface area contributed by atoms with Gasteiger partial charge in [-0.15, -0.1) is 0 Å². The van der Waals surface area contributed by atoms with Gasteiger partial charge in [0, 0.05) is 27.7 Å². The van der Waals surface area contributed by atoms with Crippen molar-refractivity contribution >= 4 is 42.9 Å². The number of carbonyl (C=O) groups excluding carboxylic acids is 4. The van der Waals surface area contributed by atoms with Crippen LogP contribution in [0.3, 0.4) is 0 Å². The number of carbonyl (C=O) groups is 4. The number of esters is 4.